The van der Waals surface area contributed by atoms with Crippen LogP contribution >= 0.6 is 11.8 Å². The van der Waals surface area contributed by atoms with Crippen molar-refractivity contribution in [3.8, 4) is 0 Å². The van der Waals surface area contributed by atoms with Crippen molar-refractivity contribution in [2.45, 2.75) is 67.9 Å². The Kier molecular flexibility index (Phi) is 6.44. The third-order valence-corrected chi connectivity index (χ3v) is 6.28. The molecule has 1 saturated carbocycles. The van der Waals surface area contributed by atoms with Crippen LogP contribution in [-0.2, 0) is 20.1 Å². The molecule has 1 aliphatic rings. The van der Waals surface area contributed by atoms with Crippen LogP contribution in [0.15, 0.2) is 57.7 Å². The third kappa shape index (κ3) is 5.02. The lowest BCUT2D eigenvalue weighted by Gasteiger charge is -2.30. The fourth-order valence-corrected chi connectivity index (χ4v) is 4.56. The molecule has 0 unspecified atom stereocenters. The van der Waals surface area contributed by atoms with Crippen molar-refractivity contribution in [1.29, 1.82) is 0 Å². The van der Waals surface area contributed by atoms with E-state index in [1.54, 1.807) is 6.33 Å². The van der Waals surface area contributed by atoms with E-state index in [2.05, 4.69) is 32.2 Å². The second-order valence-electron chi connectivity index (χ2n) is 7.46. The minimum absolute atomic E-state index is 0.600. The standard InChI is InChI=1S/C21H27N5OS/c1-25-16-23-24-21(25)28-20-11-10-19(27-20)15-26(14-17-7-6-12-22-13-17)18-8-4-2-3-5-9-18/h6-7,10-13,16,18H,2-5,8-9,14-15H2,1H3. The molecule has 7 heteroatoms. The van der Waals surface area contributed by atoms with Gasteiger partial charge in [-0.05, 0) is 48.4 Å². The minimum Gasteiger partial charge on any atom is -0.453 e. The molecule has 3 aromatic rings. The van der Waals surface area contributed by atoms with Gasteiger partial charge >= 0.3 is 0 Å². The summed E-state index contributed by atoms with van der Waals surface area (Å²) < 4.78 is 8.02. The van der Waals surface area contributed by atoms with E-state index in [1.807, 2.05) is 36.1 Å². The number of pyridine rings is 1. The topological polar surface area (TPSA) is 60.0 Å². The van der Waals surface area contributed by atoms with Crippen LogP contribution < -0.4 is 0 Å². The summed E-state index contributed by atoms with van der Waals surface area (Å²) in [7, 11) is 1.94. The van der Waals surface area contributed by atoms with Crippen molar-refractivity contribution in [3.63, 3.8) is 0 Å². The van der Waals surface area contributed by atoms with E-state index in [-0.39, 0.29) is 0 Å². The highest BCUT2D eigenvalue weighted by atomic mass is 32.2. The lowest BCUT2D eigenvalue weighted by atomic mass is 10.1. The maximum absolute atomic E-state index is 6.13. The van der Waals surface area contributed by atoms with Crippen molar-refractivity contribution < 1.29 is 4.42 Å². The zero-order chi connectivity index (χ0) is 19.2. The van der Waals surface area contributed by atoms with Gasteiger partial charge < -0.3 is 8.98 Å². The maximum atomic E-state index is 6.13. The summed E-state index contributed by atoms with van der Waals surface area (Å²) in [5, 5.41) is 9.73. The van der Waals surface area contributed by atoms with Crippen LogP contribution in [0.1, 0.15) is 49.8 Å². The molecule has 0 atom stereocenters. The number of nitrogens with zero attached hydrogens (tertiary/aromatic N) is 5. The average Bonchev–Trinajstić information content (AvgIpc) is 3.22. The van der Waals surface area contributed by atoms with Gasteiger partial charge in [0.05, 0.1) is 6.54 Å². The van der Waals surface area contributed by atoms with Gasteiger partial charge in [0, 0.05) is 32.0 Å². The molecular formula is C21H27N5OS. The number of furan rings is 1. The molecular weight excluding hydrogens is 370 g/mol. The van der Waals surface area contributed by atoms with Gasteiger partial charge in [-0.2, -0.15) is 0 Å². The van der Waals surface area contributed by atoms with Gasteiger partial charge in [0.1, 0.15) is 12.1 Å². The Labute approximate surface area is 170 Å². The largest absolute Gasteiger partial charge is 0.453 e. The molecule has 4 rings (SSSR count). The van der Waals surface area contributed by atoms with E-state index in [4.69, 9.17) is 4.42 Å². The van der Waals surface area contributed by atoms with Gasteiger partial charge in [-0.25, -0.2) is 0 Å². The van der Waals surface area contributed by atoms with Crippen LogP contribution in [-0.4, -0.2) is 30.7 Å². The number of aromatic nitrogens is 4. The summed E-state index contributed by atoms with van der Waals surface area (Å²) in [6.45, 7) is 1.73. The molecule has 0 radical (unpaired) electrons. The highest BCUT2D eigenvalue weighted by molar-refractivity contribution is 7.99. The van der Waals surface area contributed by atoms with E-state index < -0.39 is 0 Å². The van der Waals surface area contributed by atoms with Crippen molar-refractivity contribution in [2.75, 3.05) is 0 Å². The van der Waals surface area contributed by atoms with Crippen LogP contribution in [0.4, 0.5) is 0 Å². The lowest BCUT2D eigenvalue weighted by molar-refractivity contribution is 0.147. The smallest absolute Gasteiger partial charge is 0.198 e. The molecule has 6 nitrogen and oxygen atoms in total. The zero-order valence-corrected chi connectivity index (χ0v) is 17.1. The van der Waals surface area contributed by atoms with E-state index in [0.717, 1.165) is 29.1 Å². The van der Waals surface area contributed by atoms with Crippen LogP contribution in [0.3, 0.4) is 0 Å². The molecule has 0 N–H and O–H groups in total. The van der Waals surface area contributed by atoms with E-state index in [1.165, 1.54) is 55.9 Å². The third-order valence-electron chi connectivity index (χ3n) is 5.31. The minimum atomic E-state index is 0.600. The van der Waals surface area contributed by atoms with E-state index >= 15 is 0 Å². The van der Waals surface area contributed by atoms with Gasteiger partial charge in [0.15, 0.2) is 10.2 Å². The molecule has 0 aromatic carbocycles. The number of hydrogen-bond donors (Lipinski definition) is 0. The number of rotatable bonds is 7. The Bertz CT molecular complexity index is 855. The number of hydrogen-bond acceptors (Lipinski definition) is 6. The SMILES string of the molecule is Cn1cnnc1Sc1ccc(CN(Cc2cccnc2)C2CCCCCC2)o1. The van der Waals surface area contributed by atoms with E-state index in [0.29, 0.717) is 6.04 Å². The normalized spacial score (nSPS) is 15.8. The molecule has 28 heavy (non-hydrogen) atoms. The maximum Gasteiger partial charge on any atom is 0.198 e. The molecule has 1 aliphatic carbocycles. The number of aryl methyl sites for hydroxylation is 1. The van der Waals surface area contributed by atoms with Crippen molar-refractivity contribution in [3.05, 3.63) is 54.3 Å². The monoisotopic (exact) mass is 397 g/mol. The molecule has 1 fully saturated rings. The van der Waals surface area contributed by atoms with Gasteiger partial charge in [-0.15, -0.1) is 10.2 Å². The highest BCUT2D eigenvalue weighted by Crippen LogP contribution is 2.29. The second-order valence-corrected chi connectivity index (χ2v) is 8.43. The van der Waals surface area contributed by atoms with Crippen LogP contribution in [0.2, 0.25) is 0 Å². The molecule has 3 aromatic heterocycles. The fourth-order valence-electron chi connectivity index (χ4n) is 3.82. The van der Waals surface area contributed by atoms with E-state index in [9.17, 15) is 0 Å². The summed E-state index contributed by atoms with van der Waals surface area (Å²) >= 11 is 1.51. The molecule has 3 heterocycles. The van der Waals surface area contributed by atoms with Gasteiger partial charge in [-0.1, -0.05) is 31.7 Å². The molecule has 0 amide bonds. The van der Waals surface area contributed by atoms with Crippen molar-refractivity contribution >= 4 is 11.8 Å². The summed E-state index contributed by atoms with van der Waals surface area (Å²) in [6.07, 6.45) is 13.4. The Morgan fingerprint density at radius 3 is 2.71 bits per heavy atom. The summed E-state index contributed by atoms with van der Waals surface area (Å²) in [4.78, 5) is 6.86. The Balaban J connectivity index is 1.47. The van der Waals surface area contributed by atoms with Crippen LogP contribution in [0, 0.1) is 0 Å². The first-order chi connectivity index (χ1) is 13.8. The first kappa shape index (κ1) is 19.2. The second kappa shape index (κ2) is 9.39. The van der Waals surface area contributed by atoms with Crippen molar-refractivity contribution in [2.24, 2.45) is 7.05 Å². The predicted molar refractivity (Wildman–Crippen MR) is 109 cm³/mol. The molecule has 0 spiro atoms. The summed E-state index contributed by atoms with van der Waals surface area (Å²) in [5.41, 5.74) is 1.26. The average molecular weight is 398 g/mol. The van der Waals surface area contributed by atoms with Gasteiger partial charge in [0.25, 0.3) is 0 Å². The Morgan fingerprint density at radius 1 is 1.14 bits per heavy atom. The summed E-state index contributed by atoms with van der Waals surface area (Å²) in [5.74, 6) is 0.998. The predicted octanol–water partition coefficient (Wildman–Crippen LogP) is 4.68. The quantitative estimate of drug-likeness (QED) is 0.540. The Hall–Kier alpha value is -2.12. The lowest BCUT2D eigenvalue weighted by Crippen LogP contribution is -2.34. The molecule has 0 saturated heterocycles. The van der Waals surface area contributed by atoms with Gasteiger partial charge in [-0.3, -0.25) is 9.88 Å². The molecule has 0 aliphatic heterocycles. The zero-order valence-electron chi connectivity index (χ0n) is 16.3. The van der Waals surface area contributed by atoms with Crippen LogP contribution in [0.5, 0.6) is 0 Å². The highest BCUT2D eigenvalue weighted by Gasteiger charge is 2.22. The Morgan fingerprint density at radius 2 is 2.00 bits per heavy atom. The molecule has 148 valence electrons. The van der Waals surface area contributed by atoms with Gasteiger partial charge in [0.2, 0.25) is 0 Å². The van der Waals surface area contributed by atoms with Crippen molar-refractivity contribution in [1.82, 2.24) is 24.6 Å². The summed E-state index contributed by atoms with van der Waals surface area (Å²) in [6, 6.07) is 8.90. The first-order valence-electron chi connectivity index (χ1n) is 10.0. The van der Waals surface area contributed by atoms with Crippen LogP contribution in [0.25, 0.3) is 0 Å². The molecule has 0 bridgehead atoms. The fraction of sp³-hybridized carbons (Fsp3) is 0.476. The first-order valence-corrected chi connectivity index (χ1v) is 10.8.